The molecule has 0 spiro atoms. The Bertz CT molecular complexity index is 106. The van der Waals surface area contributed by atoms with E-state index in [9.17, 15) is 0 Å². The Morgan fingerprint density at radius 1 is 0.917 bits per heavy atom. The van der Waals surface area contributed by atoms with Crippen LogP contribution in [0.15, 0.2) is 24.8 Å². The summed E-state index contributed by atoms with van der Waals surface area (Å²) in [5.74, 6) is 0. The summed E-state index contributed by atoms with van der Waals surface area (Å²) in [6, 6.07) is 0. The van der Waals surface area contributed by atoms with Gasteiger partial charge in [-0.1, -0.05) is 31.1 Å². The predicted octanol–water partition coefficient (Wildman–Crippen LogP) is 0.907. The molecule has 1 radical (unpaired) electrons. The average molecular weight is 190 g/mol. The van der Waals surface area contributed by atoms with Crippen molar-refractivity contribution >= 4 is 0 Å². The van der Waals surface area contributed by atoms with Gasteiger partial charge in [-0.3, -0.25) is 0 Å². The van der Waals surface area contributed by atoms with Gasteiger partial charge in [0.1, 0.15) is 0 Å². The first-order chi connectivity index (χ1) is 5.41. The quantitative estimate of drug-likeness (QED) is 0.318. The van der Waals surface area contributed by atoms with Gasteiger partial charge < -0.3 is 0 Å². The Morgan fingerprint density at radius 3 is 2.00 bits per heavy atom. The topological polar surface area (TPSA) is 0 Å². The van der Waals surface area contributed by atoms with Crippen LogP contribution in [-0.2, 0) is 0 Å². The van der Waals surface area contributed by atoms with Crippen LogP contribution in [0.25, 0.3) is 0 Å². The minimum absolute atomic E-state index is 0. The van der Waals surface area contributed by atoms with Crippen LogP contribution in [0.2, 0.25) is 0 Å². The van der Waals surface area contributed by atoms with Gasteiger partial charge in [-0.15, -0.1) is 6.58 Å². The summed E-state index contributed by atoms with van der Waals surface area (Å²) >= 11 is 0. The van der Waals surface area contributed by atoms with Crippen molar-refractivity contribution in [1.29, 1.82) is 0 Å². The van der Waals surface area contributed by atoms with Crippen molar-refractivity contribution < 1.29 is 51.4 Å². The molecule has 0 rings (SSSR count). The van der Waals surface area contributed by atoms with E-state index in [2.05, 4.69) is 19.6 Å². The van der Waals surface area contributed by atoms with Crippen LogP contribution in [0, 0.1) is 6.92 Å². The predicted molar refractivity (Wildman–Crippen MR) is 52.4 cm³/mol. The van der Waals surface area contributed by atoms with Crippen LogP contribution in [0.3, 0.4) is 0 Å². The summed E-state index contributed by atoms with van der Waals surface area (Å²) in [6.07, 6.45) is 13.7. The Balaban J connectivity index is 0. The second-order valence-electron chi connectivity index (χ2n) is 2.75. The Labute approximate surface area is 120 Å². The second-order valence-corrected chi connectivity index (χ2v) is 2.75. The monoisotopic (exact) mass is 190 g/mol. The zero-order chi connectivity index (χ0) is 8.36. The molecular weight excluding hydrogens is 171 g/mol. The summed E-state index contributed by atoms with van der Waals surface area (Å²) in [5, 5.41) is 0. The molecule has 0 amide bonds. The van der Waals surface area contributed by atoms with Gasteiger partial charge in [0.15, 0.2) is 0 Å². The van der Waals surface area contributed by atoms with Gasteiger partial charge in [0.05, 0.1) is 0 Å². The number of hydrogen-bond acceptors (Lipinski definition) is 0. The Kier molecular flexibility index (Phi) is 19.0. The van der Waals surface area contributed by atoms with Crippen LogP contribution in [0.4, 0.5) is 0 Å². The van der Waals surface area contributed by atoms with E-state index in [1.54, 1.807) is 0 Å². The summed E-state index contributed by atoms with van der Waals surface area (Å²) in [4.78, 5) is 0. The Morgan fingerprint density at radius 2 is 1.50 bits per heavy atom. The summed E-state index contributed by atoms with van der Waals surface area (Å²) < 4.78 is 0. The Hall–Kier alpha value is 1.12. The van der Waals surface area contributed by atoms with Crippen LogP contribution >= 0.6 is 0 Å². The molecule has 0 aromatic rings. The molecule has 1 heteroatoms. The van der Waals surface area contributed by atoms with Crippen LogP contribution < -0.4 is 51.4 Å². The molecule has 0 unspecified atom stereocenters. The fourth-order valence-electron chi connectivity index (χ4n) is 1.02. The SMILES string of the molecule is [CH2]/C=C\CCCCCCC=C.[K+]. The third kappa shape index (κ3) is 13.7. The minimum atomic E-state index is 0. The smallest absolute Gasteiger partial charge is 0.103 e. The van der Waals surface area contributed by atoms with E-state index in [-0.39, 0.29) is 51.4 Å². The molecule has 63 valence electrons. The molecule has 0 N–H and O–H groups in total. The van der Waals surface area contributed by atoms with Gasteiger partial charge in [0, 0.05) is 0 Å². The molecule has 0 fully saturated rings. The maximum atomic E-state index is 3.69. The maximum absolute atomic E-state index is 3.69. The van der Waals surface area contributed by atoms with Crippen molar-refractivity contribution in [2.75, 3.05) is 0 Å². The van der Waals surface area contributed by atoms with Crippen molar-refractivity contribution in [2.24, 2.45) is 0 Å². The first-order valence-electron chi connectivity index (χ1n) is 4.47. The zero-order valence-corrected chi connectivity index (χ0v) is 11.5. The molecular formula is C11H19K+. The summed E-state index contributed by atoms with van der Waals surface area (Å²) in [7, 11) is 0. The van der Waals surface area contributed by atoms with Crippen molar-refractivity contribution in [3.8, 4) is 0 Å². The third-order valence-electron chi connectivity index (χ3n) is 1.70. The van der Waals surface area contributed by atoms with E-state index in [1.165, 1.54) is 38.5 Å². The van der Waals surface area contributed by atoms with Crippen molar-refractivity contribution in [1.82, 2.24) is 0 Å². The molecule has 0 aromatic carbocycles. The molecule has 0 nitrogen and oxygen atoms in total. The molecule has 0 aliphatic heterocycles. The van der Waals surface area contributed by atoms with Crippen LogP contribution in [0.5, 0.6) is 0 Å². The molecule has 0 aromatic heterocycles. The van der Waals surface area contributed by atoms with Crippen LogP contribution in [0.1, 0.15) is 38.5 Å². The largest absolute Gasteiger partial charge is 1.00 e. The third-order valence-corrected chi connectivity index (χ3v) is 1.70. The number of rotatable bonds is 7. The summed E-state index contributed by atoms with van der Waals surface area (Å²) in [6.45, 7) is 7.33. The van der Waals surface area contributed by atoms with Gasteiger partial charge in [-0.25, -0.2) is 0 Å². The molecule has 0 saturated heterocycles. The summed E-state index contributed by atoms with van der Waals surface area (Å²) in [5.41, 5.74) is 0. The maximum Gasteiger partial charge on any atom is 1.00 e. The fourth-order valence-corrected chi connectivity index (χ4v) is 1.02. The first kappa shape index (κ1) is 15.6. The fraction of sp³-hybridized carbons (Fsp3) is 0.545. The first-order valence-corrected chi connectivity index (χ1v) is 4.47. The minimum Gasteiger partial charge on any atom is -0.103 e. The van der Waals surface area contributed by atoms with E-state index < -0.39 is 0 Å². The van der Waals surface area contributed by atoms with Crippen molar-refractivity contribution in [3.63, 3.8) is 0 Å². The van der Waals surface area contributed by atoms with Crippen LogP contribution in [-0.4, -0.2) is 0 Å². The average Bonchev–Trinajstić information content (AvgIpc) is 2.03. The standard InChI is InChI=1S/C11H19.K/c1-3-5-7-9-11-10-8-6-4-2;/h3-5H,1-2,6-11H2;/q;+1/b5-3-;. The van der Waals surface area contributed by atoms with E-state index >= 15 is 0 Å². The van der Waals surface area contributed by atoms with Gasteiger partial charge in [-0.2, -0.15) is 0 Å². The molecule has 0 bridgehead atoms. The normalized spacial score (nSPS) is 9.75. The van der Waals surface area contributed by atoms with Gasteiger partial charge >= 0.3 is 51.4 Å². The number of hydrogen-bond donors (Lipinski definition) is 0. The molecule has 0 aliphatic carbocycles. The van der Waals surface area contributed by atoms with Gasteiger partial charge in [-0.05, 0) is 32.6 Å². The molecule has 0 atom stereocenters. The molecule has 0 saturated carbocycles. The van der Waals surface area contributed by atoms with E-state index in [1.807, 2.05) is 12.2 Å². The van der Waals surface area contributed by atoms with E-state index in [0.717, 1.165) is 0 Å². The second kappa shape index (κ2) is 14.6. The number of allylic oxidation sites excluding steroid dienone is 3. The van der Waals surface area contributed by atoms with Gasteiger partial charge in [0.25, 0.3) is 0 Å². The van der Waals surface area contributed by atoms with Crippen molar-refractivity contribution in [2.45, 2.75) is 38.5 Å². The van der Waals surface area contributed by atoms with Crippen molar-refractivity contribution in [3.05, 3.63) is 31.7 Å². The molecule has 12 heavy (non-hydrogen) atoms. The molecule has 0 aliphatic rings. The molecule has 0 heterocycles. The van der Waals surface area contributed by atoms with E-state index in [4.69, 9.17) is 0 Å². The van der Waals surface area contributed by atoms with E-state index in [0.29, 0.717) is 0 Å². The zero-order valence-electron chi connectivity index (χ0n) is 8.39. The van der Waals surface area contributed by atoms with Gasteiger partial charge in [0.2, 0.25) is 0 Å². The number of unbranched alkanes of at least 4 members (excludes halogenated alkanes) is 5.